The van der Waals surface area contributed by atoms with E-state index in [0.717, 1.165) is 12.1 Å². The number of rotatable bonds is 3. The van der Waals surface area contributed by atoms with Crippen LogP contribution in [-0.2, 0) is 0 Å². The zero-order chi connectivity index (χ0) is 15.7. The SMILES string of the molecule is NNC(c1cc(F)c(Cl)cc1F)c1ccc(Br)c(Cl)c1F. The molecule has 0 heterocycles. The molecule has 0 saturated carbocycles. The first-order valence-electron chi connectivity index (χ1n) is 5.60. The number of hydrazine groups is 1. The molecular formula is C13H8BrCl2F3N2. The van der Waals surface area contributed by atoms with Crippen molar-refractivity contribution >= 4 is 39.1 Å². The number of hydrogen-bond donors (Lipinski definition) is 2. The molecule has 112 valence electrons. The normalized spacial score (nSPS) is 12.5. The summed E-state index contributed by atoms with van der Waals surface area (Å²) in [6.45, 7) is 0. The molecule has 2 nitrogen and oxygen atoms in total. The standard InChI is InChI=1S/C13H8BrCl2F3N2/c14-7-2-1-5(12(19)11(7)16)13(21-20)6-3-10(18)8(15)4-9(6)17/h1-4,13,21H,20H2. The zero-order valence-corrected chi connectivity index (χ0v) is 13.3. The van der Waals surface area contributed by atoms with E-state index in [4.69, 9.17) is 29.0 Å². The van der Waals surface area contributed by atoms with E-state index in [1.807, 2.05) is 0 Å². The Labute approximate surface area is 137 Å². The highest BCUT2D eigenvalue weighted by atomic mass is 79.9. The number of hydrogen-bond acceptors (Lipinski definition) is 2. The topological polar surface area (TPSA) is 38.0 Å². The molecule has 2 rings (SSSR count). The number of nitrogens with one attached hydrogen (secondary N) is 1. The van der Waals surface area contributed by atoms with Crippen LogP contribution in [-0.4, -0.2) is 0 Å². The highest BCUT2D eigenvalue weighted by Crippen LogP contribution is 2.34. The van der Waals surface area contributed by atoms with Crippen LogP contribution in [0.2, 0.25) is 10.0 Å². The Morgan fingerprint density at radius 3 is 2.33 bits per heavy atom. The van der Waals surface area contributed by atoms with Crippen molar-refractivity contribution in [3.63, 3.8) is 0 Å². The highest BCUT2D eigenvalue weighted by molar-refractivity contribution is 9.10. The van der Waals surface area contributed by atoms with Crippen LogP contribution in [0.5, 0.6) is 0 Å². The molecule has 3 N–H and O–H groups in total. The van der Waals surface area contributed by atoms with Gasteiger partial charge in [0, 0.05) is 15.6 Å². The van der Waals surface area contributed by atoms with Crippen LogP contribution < -0.4 is 11.3 Å². The van der Waals surface area contributed by atoms with Gasteiger partial charge >= 0.3 is 0 Å². The molecule has 0 spiro atoms. The molecule has 2 aromatic rings. The maximum atomic E-state index is 14.2. The largest absolute Gasteiger partial charge is 0.271 e. The molecule has 0 aliphatic rings. The fourth-order valence-corrected chi connectivity index (χ4v) is 2.50. The first-order valence-corrected chi connectivity index (χ1v) is 7.15. The number of benzene rings is 2. The predicted octanol–water partition coefficient (Wildman–Crippen LogP) is 4.73. The van der Waals surface area contributed by atoms with E-state index in [9.17, 15) is 13.2 Å². The summed E-state index contributed by atoms with van der Waals surface area (Å²) in [5.41, 5.74) is 2.04. The van der Waals surface area contributed by atoms with Gasteiger partial charge in [0.25, 0.3) is 0 Å². The van der Waals surface area contributed by atoms with Crippen LogP contribution in [0, 0.1) is 17.5 Å². The minimum Gasteiger partial charge on any atom is -0.271 e. The van der Waals surface area contributed by atoms with Crippen molar-refractivity contribution in [1.29, 1.82) is 0 Å². The molecule has 8 heteroatoms. The third kappa shape index (κ3) is 3.19. The average molecular weight is 400 g/mol. The molecule has 1 unspecified atom stereocenters. The van der Waals surface area contributed by atoms with Crippen molar-refractivity contribution in [1.82, 2.24) is 5.43 Å². The van der Waals surface area contributed by atoms with Gasteiger partial charge in [0.1, 0.15) is 17.5 Å². The van der Waals surface area contributed by atoms with Gasteiger partial charge in [-0.3, -0.25) is 5.84 Å². The van der Waals surface area contributed by atoms with Crippen molar-refractivity contribution in [2.24, 2.45) is 5.84 Å². The second-order valence-corrected chi connectivity index (χ2v) is 5.79. The summed E-state index contributed by atoms with van der Waals surface area (Å²) in [5.74, 6) is 2.92. The smallest absolute Gasteiger partial charge is 0.148 e. The van der Waals surface area contributed by atoms with Crippen LogP contribution in [0.3, 0.4) is 0 Å². The average Bonchev–Trinajstić information content (AvgIpc) is 2.44. The van der Waals surface area contributed by atoms with Crippen LogP contribution >= 0.6 is 39.1 Å². The Morgan fingerprint density at radius 1 is 1.05 bits per heavy atom. The molecule has 0 fully saturated rings. The van der Waals surface area contributed by atoms with E-state index in [2.05, 4.69) is 21.4 Å². The summed E-state index contributed by atoms with van der Waals surface area (Å²) in [6.07, 6.45) is 0. The number of nitrogens with two attached hydrogens (primary N) is 1. The summed E-state index contributed by atoms with van der Waals surface area (Å²) in [7, 11) is 0. The van der Waals surface area contributed by atoms with Gasteiger partial charge in [-0.1, -0.05) is 29.3 Å². The van der Waals surface area contributed by atoms with Crippen LogP contribution in [0.15, 0.2) is 28.7 Å². The van der Waals surface area contributed by atoms with E-state index >= 15 is 0 Å². The molecule has 0 amide bonds. The van der Waals surface area contributed by atoms with Gasteiger partial charge < -0.3 is 0 Å². The Bertz CT molecular complexity index is 696. The van der Waals surface area contributed by atoms with E-state index in [1.165, 1.54) is 12.1 Å². The second-order valence-electron chi connectivity index (χ2n) is 4.15. The Morgan fingerprint density at radius 2 is 1.71 bits per heavy atom. The van der Waals surface area contributed by atoms with E-state index in [1.54, 1.807) is 0 Å². The summed E-state index contributed by atoms with van der Waals surface area (Å²) in [4.78, 5) is 0. The van der Waals surface area contributed by atoms with Gasteiger partial charge in [-0.05, 0) is 34.1 Å². The van der Waals surface area contributed by atoms with Crippen molar-refractivity contribution < 1.29 is 13.2 Å². The minimum atomic E-state index is -1.12. The fourth-order valence-electron chi connectivity index (χ4n) is 1.87. The highest BCUT2D eigenvalue weighted by Gasteiger charge is 2.23. The molecule has 21 heavy (non-hydrogen) atoms. The van der Waals surface area contributed by atoms with Crippen molar-refractivity contribution in [3.05, 3.63) is 67.4 Å². The molecule has 2 aromatic carbocycles. The zero-order valence-electron chi connectivity index (χ0n) is 10.2. The third-order valence-corrected chi connectivity index (χ3v) is 4.44. The van der Waals surface area contributed by atoms with Crippen LogP contribution in [0.1, 0.15) is 17.2 Å². The first kappa shape index (κ1) is 16.6. The summed E-state index contributed by atoms with van der Waals surface area (Å²) < 4.78 is 42.0. The Balaban J connectivity index is 2.60. The monoisotopic (exact) mass is 398 g/mol. The third-order valence-electron chi connectivity index (χ3n) is 2.89. The summed E-state index contributed by atoms with van der Waals surface area (Å²) in [5, 5.41) is -0.552. The molecule has 0 aliphatic carbocycles. The Kier molecular flexibility index (Phi) is 5.16. The predicted molar refractivity (Wildman–Crippen MR) is 79.6 cm³/mol. The number of halogens is 6. The van der Waals surface area contributed by atoms with Crippen molar-refractivity contribution in [3.8, 4) is 0 Å². The second kappa shape index (κ2) is 6.54. The Hall–Kier alpha value is -0.790. The van der Waals surface area contributed by atoms with Gasteiger partial charge in [-0.2, -0.15) is 0 Å². The van der Waals surface area contributed by atoms with Crippen molar-refractivity contribution in [2.45, 2.75) is 6.04 Å². The molecule has 0 radical (unpaired) electrons. The molecule has 0 aromatic heterocycles. The molecule has 0 aliphatic heterocycles. The minimum absolute atomic E-state index is 0.0219. The summed E-state index contributed by atoms with van der Waals surface area (Å²) >= 11 is 14.3. The van der Waals surface area contributed by atoms with E-state index < -0.39 is 23.5 Å². The van der Waals surface area contributed by atoms with Crippen molar-refractivity contribution in [2.75, 3.05) is 0 Å². The van der Waals surface area contributed by atoms with Gasteiger partial charge in [-0.15, -0.1) is 0 Å². The van der Waals surface area contributed by atoms with Gasteiger partial charge in [0.15, 0.2) is 0 Å². The lowest BCUT2D eigenvalue weighted by molar-refractivity contribution is 0.523. The molecule has 0 saturated heterocycles. The fraction of sp³-hybridized carbons (Fsp3) is 0.0769. The maximum absolute atomic E-state index is 14.2. The molecule has 0 bridgehead atoms. The molecular weight excluding hydrogens is 392 g/mol. The summed E-state index contributed by atoms with van der Waals surface area (Å²) in [6, 6.07) is 3.38. The maximum Gasteiger partial charge on any atom is 0.148 e. The van der Waals surface area contributed by atoms with Gasteiger partial charge in [0.05, 0.1) is 16.1 Å². The lowest BCUT2D eigenvalue weighted by atomic mass is 9.98. The van der Waals surface area contributed by atoms with Gasteiger partial charge in [0.2, 0.25) is 0 Å². The lowest BCUT2D eigenvalue weighted by Gasteiger charge is -2.19. The molecule has 1 atom stereocenters. The van der Waals surface area contributed by atoms with Crippen LogP contribution in [0.25, 0.3) is 0 Å². The van der Waals surface area contributed by atoms with Gasteiger partial charge in [-0.25, -0.2) is 18.6 Å². The quantitative estimate of drug-likeness (QED) is 0.339. The van der Waals surface area contributed by atoms with E-state index in [0.29, 0.717) is 4.47 Å². The first-order chi connectivity index (χ1) is 9.86. The van der Waals surface area contributed by atoms with Crippen LogP contribution in [0.4, 0.5) is 13.2 Å². The lowest BCUT2D eigenvalue weighted by Crippen LogP contribution is -2.30. The van der Waals surface area contributed by atoms with E-state index in [-0.39, 0.29) is 21.2 Å².